The van der Waals surface area contributed by atoms with Crippen LogP contribution in [-0.4, -0.2) is 12.4 Å². The van der Waals surface area contributed by atoms with Gasteiger partial charge in [-0.25, -0.2) is 0 Å². The summed E-state index contributed by atoms with van der Waals surface area (Å²) in [5.74, 6) is 2.33. The maximum Gasteiger partial charge on any atom is 0.119 e. The van der Waals surface area contributed by atoms with Crippen LogP contribution in [0.1, 0.15) is 18.1 Å². The van der Waals surface area contributed by atoms with Crippen molar-refractivity contribution in [3.8, 4) is 5.75 Å². The third-order valence-electron chi connectivity index (χ3n) is 2.04. The Bertz CT molecular complexity index is 276. The molecule has 0 saturated carbocycles. The summed E-state index contributed by atoms with van der Waals surface area (Å²) in [6.45, 7) is 7.05. The molecule has 0 aliphatic heterocycles. The summed E-state index contributed by atoms with van der Waals surface area (Å²) < 4.78 is 5.67. The Kier molecular flexibility index (Phi) is 4.33. The molecule has 1 nitrogen and oxygen atoms in total. The largest absolute Gasteiger partial charge is 0.493 e. The zero-order valence-electron chi connectivity index (χ0n) is 9.08. The minimum Gasteiger partial charge on any atom is -0.493 e. The maximum atomic E-state index is 5.67. The predicted molar refractivity (Wildman–Crippen MR) is 64.4 cm³/mol. The number of ether oxygens (including phenoxy) is 1. The van der Waals surface area contributed by atoms with E-state index in [-0.39, 0.29) is 0 Å². The highest BCUT2D eigenvalue weighted by Gasteiger charge is 2.01. The Morgan fingerprint density at radius 2 is 1.79 bits per heavy atom. The van der Waals surface area contributed by atoms with Crippen LogP contribution >= 0.6 is 12.6 Å². The number of rotatable bonds is 4. The van der Waals surface area contributed by atoms with Gasteiger partial charge in [0.15, 0.2) is 0 Å². The van der Waals surface area contributed by atoms with Crippen molar-refractivity contribution in [2.24, 2.45) is 5.92 Å². The van der Waals surface area contributed by atoms with Crippen LogP contribution in [0.15, 0.2) is 18.2 Å². The molecule has 0 fully saturated rings. The minimum absolute atomic E-state index is 0.499. The molecule has 0 aromatic heterocycles. The first-order valence-corrected chi connectivity index (χ1v) is 5.57. The first-order valence-electron chi connectivity index (χ1n) is 4.93. The fourth-order valence-electron chi connectivity index (χ4n) is 1.31. The van der Waals surface area contributed by atoms with E-state index in [1.807, 2.05) is 0 Å². The zero-order valence-corrected chi connectivity index (χ0v) is 9.97. The van der Waals surface area contributed by atoms with E-state index in [9.17, 15) is 0 Å². The smallest absolute Gasteiger partial charge is 0.119 e. The molecule has 0 N–H and O–H groups in total. The number of aryl methyl sites for hydroxylation is 2. The Hall–Kier alpha value is -0.630. The van der Waals surface area contributed by atoms with Crippen molar-refractivity contribution in [1.29, 1.82) is 0 Å². The molecule has 0 aliphatic rings. The number of hydrogen-bond acceptors (Lipinski definition) is 2. The van der Waals surface area contributed by atoms with Gasteiger partial charge in [0.05, 0.1) is 6.61 Å². The van der Waals surface area contributed by atoms with Gasteiger partial charge in [-0.3, -0.25) is 0 Å². The average Bonchev–Trinajstić information content (AvgIpc) is 2.12. The molecule has 78 valence electrons. The van der Waals surface area contributed by atoms with Crippen LogP contribution in [0.3, 0.4) is 0 Å². The van der Waals surface area contributed by atoms with Crippen LogP contribution in [-0.2, 0) is 0 Å². The summed E-state index contributed by atoms with van der Waals surface area (Å²) in [4.78, 5) is 0. The van der Waals surface area contributed by atoms with Crippen LogP contribution < -0.4 is 4.74 Å². The molecule has 14 heavy (non-hydrogen) atoms. The average molecular weight is 210 g/mol. The molecule has 0 bridgehead atoms. The molecule has 1 aromatic carbocycles. The van der Waals surface area contributed by atoms with Gasteiger partial charge < -0.3 is 4.74 Å². The number of thiol groups is 1. The lowest BCUT2D eigenvalue weighted by Crippen LogP contribution is -2.09. The van der Waals surface area contributed by atoms with Crippen molar-refractivity contribution < 1.29 is 4.74 Å². The molecule has 0 aliphatic carbocycles. The monoisotopic (exact) mass is 210 g/mol. The number of hydrogen-bond donors (Lipinski definition) is 1. The normalized spacial score (nSPS) is 12.6. The summed E-state index contributed by atoms with van der Waals surface area (Å²) in [5, 5.41) is 0. The van der Waals surface area contributed by atoms with Gasteiger partial charge in [0.2, 0.25) is 0 Å². The molecule has 0 radical (unpaired) electrons. The molecule has 1 unspecified atom stereocenters. The van der Waals surface area contributed by atoms with Gasteiger partial charge in [-0.1, -0.05) is 13.0 Å². The van der Waals surface area contributed by atoms with Crippen molar-refractivity contribution in [2.75, 3.05) is 12.4 Å². The molecule has 1 rings (SSSR count). The van der Waals surface area contributed by atoms with Crippen molar-refractivity contribution >= 4 is 12.6 Å². The molecule has 2 heteroatoms. The molecule has 0 spiro atoms. The quantitative estimate of drug-likeness (QED) is 0.751. The van der Waals surface area contributed by atoms with Crippen LogP contribution in [0, 0.1) is 19.8 Å². The van der Waals surface area contributed by atoms with Crippen molar-refractivity contribution in [1.82, 2.24) is 0 Å². The lowest BCUT2D eigenvalue weighted by molar-refractivity contribution is 0.273. The topological polar surface area (TPSA) is 9.23 Å². The maximum absolute atomic E-state index is 5.67. The van der Waals surface area contributed by atoms with E-state index >= 15 is 0 Å². The Balaban J connectivity index is 2.58. The lowest BCUT2D eigenvalue weighted by atomic mass is 10.1. The Labute approximate surface area is 91.9 Å². The molecular weight excluding hydrogens is 192 g/mol. The van der Waals surface area contributed by atoms with Crippen molar-refractivity contribution in [2.45, 2.75) is 20.8 Å². The van der Waals surface area contributed by atoms with Gasteiger partial charge in [-0.05, 0) is 48.8 Å². The van der Waals surface area contributed by atoms with Crippen LogP contribution in [0.2, 0.25) is 0 Å². The van der Waals surface area contributed by atoms with E-state index in [0.29, 0.717) is 5.92 Å². The highest BCUT2D eigenvalue weighted by Crippen LogP contribution is 2.17. The van der Waals surface area contributed by atoms with E-state index in [1.54, 1.807) is 0 Å². The SMILES string of the molecule is Cc1cc(C)cc(OCC(C)CS)c1. The summed E-state index contributed by atoms with van der Waals surface area (Å²) in [5.41, 5.74) is 2.50. The summed E-state index contributed by atoms with van der Waals surface area (Å²) in [7, 11) is 0. The Morgan fingerprint density at radius 1 is 1.21 bits per heavy atom. The lowest BCUT2D eigenvalue weighted by Gasteiger charge is -2.11. The second-order valence-electron chi connectivity index (χ2n) is 3.92. The van der Waals surface area contributed by atoms with Gasteiger partial charge in [-0.15, -0.1) is 0 Å². The van der Waals surface area contributed by atoms with E-state index in [2.05, 4.69) is 51.6 Å². The Morgan fingerprint density at radius 3 is 2.29 bits per heavy atom. The first-order chi connectivity index (χ1) is 6.61. The predicted octanol–water partition coefficient (Wildman–Crippen LogP) is 3.25. The molecule has 0 heterocycles. The van der Waals surface area contributed by atoms with Crippen LogP contribution in [0.25, 0.3) is 0 Å². The molecule has 0 amide bonds. The fraction of sp³-hybridized carbons (Fsp3) is 0.500. The standard InChI is InChI=1S/C12H18OS/c1-9-4-10(2)6-12(5-9)13-7-11(3)8-14/h4-6,11,14H,7-8H2,1-3H3. The summed E-state index contributed by atoms with van der Waals surface area (Å²) >= 11 is 4.22. The van der Waals surface area contributed by atoms with Gasteiger partial charge in [0.25, 0.3) is 0 Å². The van der Waals surface area contributed by atoms with Crippen LogP contribution in [0.5, 0.6) is 5.75 Å². The highest BCUT2D eigenvalue weighted by molar-refractivity contribution is 7.80. The molecule has 0 saturated heterocycles. The summed E-state index contributed by atoms with van der Waals surface area (Å²) in [6.07, 6.45) is 0. The van der Waals surface area contributed by atoms with Crippen molar-refractivity contribution in [3.63, 3.8) is 0 Å². The third kappa shape index (κ3) is 3.62. The highest BCUT2D eigenvalue weighted by atomic mass is 32.1. The van der Waals surface area contributed by atoms with Crippen LogP contribution in [0.4, 0.5) is 0 Å². The third-order valence-corrected chi connectivity index (χ3v) is 2.66. The van der Waals surface area contributed by atoms with Gasteiger partial charge in [-0.2, -0.15) is 12.6 Å². The first kappa shape index (κ1) is 11.4. The van der Waals surface area contributed by atoms with E-state index in [1.165, 1.54) is 11.1 Å². The second kappa shape index (κ2) is 5.30. The van der Waals surface area contributed by atoms with E-state index in [4.69, 9.17) is 4.74 Å². The van der Waals surface area contributed by atoms with Gasteiger partial charge >= 0.3 is 0 Å². The number of benzene rings is 1. The van der Waals surface area contributed by atoms with Gasteiger partial charge in [0.1, 0.15) is 5.75 Å². The molecular formula is C12H18OS. The van der Waals surface area contributed by atoms with E-state index < -0.39 is 0 Å². The molecule has 1 aromatic rings. The molecule has 1 atom stereocenters. The summed E-state index contributed by atoms with van der Waals surface area (Å²) in [6, 6.07) is 6.28. The van der Waals surface area contributed by atoms with E-state index in [0.717, 1.165) is 18.1 Å². The van der Waals surface area contributed by atoms with Crippen molar-refractivity contribution in [3.05, 3.63) is 29.3 Å². The fourth-order valence-corrected chi connectivity index (χ4v) is 1.41. The minimum atomic E-state index is 0.499. The van der Waals surface area contributed by atoms with Gasteiger partial charge in [0, 0.05) is 0 Å². The zero-order chi connectivity index (χ0) is 10.6. The second-order valence-corrected chi connectivity index (χ2v) is 4.29.